The first-order valence-electron chi connectivity index (χ1n) is 4.43. The van der Waals surface area contributed by atoms with E-state index in [1.165, 1.54) is 0 Å². The Bertz CT molecular complexity index is 403. The number of halogens is 1. The van der Waals surface area contributed by atoms with Crippen LogP contribution in [0.2, 0.25) is 0 Å². The van der Waals surface area contributed by atoms with Crippen molar-refractivity contribution in [1.29, 1.82) is 0 Å². The quantitative estimate of drug-likeness (QED) is 0.790. The molecule has 0 aliphatic rings. The summed E-state index contributed by atoms with van der Waals surface area (Å²) in [6.07, 6.45) is 0. The van der Waals surface area contributed by atoms with Gasteiger partial charge in [0.1, 0.15) is 0 Å². The molecule has 0 aliphatic heterocycles. The summed E-state index contributed by atoms with van der Waals surface area (Å²) in [4.78, 5) is 0. The molecule has 1 rings (SSSR count). The molecular weight excluding hydrogens is 280 g/mol. The van der Waals surface area contributed by atoms with Crippen LogP contribution in [0.1, 0.15) is 5.56 Å². The lowest BCUT2D eigenvalue weighted by Gasteiger charge is -2.03. The molecule has 0 heterocycles. The van der Waals surface area contributed by atoms with Gasteiger partial charge in [-0.1, -0.05) is 28.1 Å². The molecule has 6 heteroatoms. The van der Waals surface area contributed by atoms with E-state index in [9.17, 15) is 8.42 Å². The van der Waals surface area contributed by atoms with Crippen LogP contribution in [0, 0.1) is 0 Å². The van der Waals surface area contributed by atoms with Crippen molar-refractivity contribution in [1.82, 2.24) is 5.32 Å². The second-order valence-electron chi connectivity index (χ2n) is 3.17. The second-order valence-corrected chi connectivity index (χ2v) is 5.82. The van der Waals surface area contributed by atoms with Crippen LogP contribution in [0.4, 0.5) is 0 Å². The molecule has 0 atom stereocenters. The first-order chi connectivity index (χ1) is 6.97. The Balaban J connectivity index is 2.29. The van der Waals surface area contributed by atoms with Crippen LogP contribution in [0.15, 0.2) is 28.7 Å². The van der Waals surface area contributed by atoms with E-state index in [2.05, 4.69) is 21.2 Å². The Morgan fingerprint density at radius 3 is 2.40 bits per heavy atom. The van der Waals surface area contributed by atoms with E-state index in [-0.39, 0.29) is 5.75 Å². The van der Waals surface area contributed by atoms with Gasteiger partial charge in [-0.05, 0) is 17.7 Å². The zero-order valence-electron chi connectivity index (χ0n) is 8.11. The Hall–Kier alpha value is -0.430. The minimum atomic E-state index is -3.36. The number of nitrogens with two attached hydrogens (primary N) is 1. The van der Waals surface area contributed by atoms with Crippen molar-refractivity contribution in [2.75, 3.05) is 12.3 Å². The monoisotopic (exact) mass is 292 g/mol. The highest BCUT2D eigenvalue weighted by Crippen LogP contribution is 2.09. The maximum Gasteiger partial charge on any atom is 0.210 e. The molecule has 0 radical (unpaired) electrons. The van der Waals surface area contributed by atoms with Crippen molar-refractivity contribution in [3.05, 3.63) is 34.3 Å². The van der Waals surface area contributed by atoms with Gasteiger partial charge in [0.15, 0.2) is 0 Å². The number of rotatable bonds is 5. The highest BCUT2D eigenvalue weighted by molar-refractivity contribution is 9.10. The van der Waals surface area contributed by atoms with Gasteiger partial charge in [0.05, 0.1) is 5.75 Å². The average molecular weight is 293 g/mol. The second kappa shape index (κ2) is 5.60. The fraction of sp³-hybridized carbons (Fsp3) is 0.333. The van der Waals surface area contributed by atoms with Gasteiger partial charge in [-0.3, -0.25) is 0 Å². The molecule has 4 nitrogen and oxygen atoms in total. The summed E-state index contributed by atoms with van der Waals surface area (Å²) < 4.78 is 22.3. The number of nitrogens with one attached hydrogen (secondary N) is 1. The van der Waals surface area contributed by atoms with Gasteiger partial charge in [0.25, 0.3) is 0 Å². The molecule has 3 N–H and O–H groups in total. The highest BCUT2D eigenvalue weighted by Gasteiger charge is 2.00. The molecule has 1 aromatic rings. The maximum absolute atomic E-state index is 10.6. The van der Waals surface area contributed by atoms with Gasteiger partial charge in [-0.25, -0.2) is 13.6 Å². The standard InChI is InChI=1S/C9H13BrN2O2S/c10-9-3-1-8(2-4-9)7-12-5-6-15(11,13)14/h1-4,12H,5-7H2,(H2,11,13,14). The van der Waals surface area contributed by atoms with Crippen LogP contribution < -0.4 is 10.5 Å². The van der Waals surface area contributed by atoms with E-state index in [4.69, 9.17) is 5.14 Å². The van der Waals surface area contributed by atoms with Gasteiger partial charge in [-0.2, -0.15) is 0 Å². The number of sulfonamides is 1. The van der Waals surface area contributed by atoms with Crippen LogP contribution in [-0.2, 0) is 16.6 Å². The van der Waals surface area contributed by atoms with Crippen LogP contribution in [0.25, 0.3) is 0 Å². The summed E-state index contributed by atoms with van der Waals surface area (Å²) in [6.45, 7) is 1.01. The predicted molar refractivity (Wildman–Crippen MR) is 63.8 cm³/mol. The van der Waals surface area contributed by atoms with E-state index in [0.29, 0.717) is 13.1 Å². The smallest absolute Gasteiger partial charge is 0.210 e. The third kappa shape index (κ3) is 5.88. The van der Waals surface area contributed by atoms with Crippen molar-refractivity contribution in [2.24, 2.45) is 5.14 Å². The molecule has 15 heavy (non-hydrogen) atoms. The first-order valence-corrected chi connectivity index (χ1v) is 6.94. The summed E-state index contributed by atoms with van der Waals surface area (Å²) >= 11 is 3.34. The molecule has 1 aromatic carbocycles. The lowest BCUT2D eigenvalue weighted by molar-refractivity contribution is 0.592. The zero-order chi connectivity index (χ0) is 11.3. The number of benzene rings is 1. The van der Waals surface area contributed by atoms with Gasteiger partial charge in [0, 0.05) is 17.6 Å². The summed E-state index contributed by atoms with van der Waals surface area (Å²) in [5.74, 6) is -0.0382. The molecule has 0 aliphatic carbocycles. The number of hydrogen-bond donors (Lipinski definition) is 2. The van der Waals surface area contributed by atoms with Crippen molar-refractivity contribution >= 4 is 26.0 Å². The fourth-order valence-corrected chi connectivity index (χ4v) is 1.74. The fourth-order valence-electron chi connectivity index (χ4n) is 1.05. The SMILES string of the molecule is NS(=O)(=O)CCNCc1ccc(Br)cc1. The van der Waals surface area contributed by atoms with Crippen molar-refractivity contribution < 1.29 is 8.42 Å². The van der Waals surface area contributed by atoms with Crippen LogP contribution >= 0.6 is 15.9 Å². The molecule has 0 spiro atoms. The molecule has 0 saturated carbocycles. The predicted octanol–water partition coefficient (Wildman–Crippen LogP) is 0.827. The molecule has 0 amide bonds. The van der Waals surface area contributed by atoms with Gasteiger partial charge < -0.3 is 5.32 Å². The topological polar surface area (TPSA) is 72.2 Å². The van der Waals surface area contributed by atoms with E-state index < -0.39 is 10.0 Å². The largest absolute Gasteiger partial charge is 0.312 e. The minimum Gasteiger partial charge on any atom is -0.312 e. The number of primary sulfonamides is 1. The van der Waals surface area contributed by atoms with Crippen LogP contribution in [-0.4, -0.2) is 20.7 Å². The third-order valence-corrected chi connectivity index (χ3v) is 3.11. The van der Waals surface area contributed by atoms with Gasteiger partial charge in [-0.15, -0.1) is 0 Å². The molecule has 0 unspecified atom stereocenters. The maximum atomic E-state index is 10.6. The zero-order valence-corrected chi connectivity index (χ0v) is 10.5. The van der Waals surface area contributed by atoms with Crippen molar-refractivity contribution in [3.8, 4) is 0 Å². The number of hydrogen-bond acceptors (Lipinski definition) is 3. The summed E-state index contributed by atoms with van der Waals surface area (Å²) in [6, 6.07) is 7.81. The highest BCUT2D eigenvalue weighted by atomic mass is 79.9. The normalized spacial score (nSPS) is 11.6. The summed E-state index contributed by atoms with van der Waals surface area (Å²) in [5.41, 5.74) is 1.10. The molecule has 0 fully saturated rings. The lowest BCUT2D eigenvalue weighted by Crippen LogP contribution is -2.26. The minimum absolute atomic E-state index is 0.0382. The van der Waals surface area contributed by atoms with E-state index >= 15 is 0 Å². The van der Waals surface area contributed by atoms with Crippen LogP contribution in [0.3, 0.4) is 0 Å². The summed E-state index contributed by atoms with van der Waals surface area (Å²) in [5, 5.41) is 7.86. The molecule has 0 bridgehead atoms. The first kappa shape index (κ1) is 12.6. The third-order valence-electron chi connectivity index (χ3n) is 1.81. The van der Waals surface area contributed by atoms with Crippen LogP contribution in [0.5, 0.6) is 0 Å². The van der Waals surface area contributed by atoms with E-state index in [1.807, 2.05) is 24.3 Å². The van der Waals surface area contributed by atoms with Crippen molar-refractivity contribution in [3.63, 3.8) is 0 Å². The van der Waals surface area contributed by atoms with E-state index in [1.54, 1.807) is 0 Å². The van der Waals surface area contributed by atoms with E-state index in [0.717, 1.165) is 10.0 Å². The summed E-state index contributed by atoms with van der Waals surface area (Å²) in [7, 11) is -3.36. The molecular formula is C9H13BrN2O2S. The average Bonchev–Trinajstić information content (AvgIpc) is 2.14. The van der Waals surface area contributed by atoms with Crippen molar-refractivity contribution in [2.45, 2.75) is 6.54 Å². The Morgan fingerprint density at radius 1 is 1.27 bits per heavy atom. The van der Waals surface area contributed by atoms with Gasteiger partial charge >= 0.3 is 0 Å². The Labute approximate surface area is 98.0 Å². The Kier molecular flexibility index (Phi) is 4.72. The molecule has 0 aromatic heterocycles. The molecule has 0 saturated heterocycles. The molecule has 84 valence electrons. The van der Waals surface area contributed by atoms with Gasteiger partial charge in [0.2, 0.25) is 10.0 Å². The lowest BCUT2D eigenvalue weighted by atomic mass is 10.2. The Morgan fingerprint density at radius 2 is 1.87 bits per heavy atom.